The average Bonchev–Trinajstić information content (AvgIpc) is 3.53. The minimum atomic E-state index is -3.89. The molecule has 0 radical (unpaired) electrons. The van der Waals surface area contributed by atoms with Gasteiger partial charge in [0.15, 0.2) is 0 Å². The smallest absolute Gasteiger partial charge is 0.297 e. The summed E-state index contributed by atoms with van der Waals surface area (Å²) in [6, 6.07) is 8.89. The van der Waals surface area contributed by atoms with E-state index in [1.54, 1.807) is 0 Å². The molecule has 1 N–H and O–H groups in total. The molecule has 2 aliphatic heterocycles. The van der Waals surface area contributed by atoms with Gasteiger partial charge in [-0.25, -0.2) is 8.42 Å². The molecule has 0 unspecified atom stereocenters. The van der Waals surface area contributed by atoms with Crippen molar-refractivity contribution in [3.63, 3.8) is 0 Å². The maximum Gasteiger partial charge on any atom is 0.297 e. The first-order chi connectivity index (χ1) is 17.3. The molecule has 204 valence electrons. The first-order valence-electron chi connectivity index (χ1n) is 10.5. The third-order valence-corrected chi connectivity index (χ3v) is 7.47. The van der Waals surface area contributed by atoms with Crippen molar-refractivity contribution in [3.8, 4) is 0 Å². The highest BCUT2D eigenvalue weighted by molar-refractivity contribution is 8.13. The van der Waals surface area contributed by atoms with Crippen molar-refractivity contribution in [3.05, 3.63) is 68.8 Å². The van der Waals surface area contributed by atoms with E-state index in [0.717, 1.165) is 61.6 Å². The van der Waals surface area contributed by atoms with Gasteiger partial charge in [-0.15, -0.1) is 0 Å². The number of nitro groups is 2. The fourth-order valence-corrected chi connectivity index (χ4v) is 4.67. The zero-order chi connectivity index (χ0) is 27.6. The Morgan fingerprint density at radius 2 is 1.27 bits per heavy atom. The average molecular weight is 583 g/mol. The highest BCUT2D eigenvalue weighted by atomic mass is 35.7. The second-order valence-electron chi connectivity index (χ2n) is 7.49. The second kappa shape index (κ2) is 13.7. The van der Waals surface area contributed by atoms with E-state index in [9.17, 15) is 37.1 Å². The summed E-state index contributed by atoms with van der Waals surface area (Å²) in [5, 5.41) is 29.2. The molecule has 2 aliphatic rings. The number of ether oxygens (including phenoxy) is 2. The van der Waals surface area contributed by atoms with Gasteiger partial charge in [0.05, 0.1) is 39.0 Å². The van der Waals surface area contributed by atoms with Crippen LogP contribution in [0.1, 0.15) is 12.8 Å². The first-order valence-corrected chi connectivity index (χ1v) is 14.2. The van der Waals surface area contributed by atoms with Crippen LogP contribution in [0.5, 0.6) is 0 Å². The molecule has 2 aromatic carbocycles. The van der Waals surface area contributed by atoms with Crippen LogP contribution in [0.25, 0.3) is 0 Å². The van der Waals surface area contributed by atoms with E-state index in [4.69, 9.17) is 29.4 Å². The molecule has 17 heteroatoms. The van der Waals surface area contributed by atoms with Crippen LogP contribution in [0, 0.1) is 20.2 Å². The number of halogens is 1. The zero-order valence-corrected chi connectivity index (χ0v) is 21.4. The molecule has 2 heterocycles. The standard InChI is InChI=1S/C10H11NO6S.C6H4ClNO4S.C4H8O2/c12-11(13)8-1-3-10(4-2-8)18(14,15)17-9-5-6-16-7-9;7-13(11,12)6-3-1-5(2-4-6)8(9)10;5-4-1-2-6-3-4/h1-4,9H,5-7H2;1-4H;4-5H,1-3H2/t9-;;4-/m1.1/s1. The SMILES string of the molecule is O=[N+]([O-])c1ccc(S(=O)(=O)Cl)cc1.O=[N+]([O-])c1ccc(S(=O)(=O)O[C@@H]2CCOC2)cc1.O[C@@H]1CCOC1. The minimum absolute atomic E-state index is 0.0972. The number of aliphatic hydroxyl groups excluding tert-OH is 1. The van der Waals surface area contributed by atoms with E-state index in [-0.39, 0.29) is 33.9 Å². The van der Waals surface area contributed by atoms with E-state index < -0.39 is 35.1 Å². The van der Waals surface area contributed by atoms with Crippen LogP contribution in [0.4, 0.5) is 11.4 Å². The summed E-state index contributed by atoms with van der Waals surface area (Å²) in [5.41, 5.74) is -0.345. The van der Waals surface area contributed by atoms with Crippen LogP contribution in [0.15, 0.2) is 58.3 Å². The van der Waals surface area contributed by atoms with Gasteiger partial charge in [0.1, 0.15) is 6.10 Å². The van der Waals surface area contributed by atoms with Gasteiger partial charge in [-0.3, -0.25) is 24.4 Å². The van der Waals surface area contributed by atoms with Crippen molar-refractivity contribution in [2.45, 2.75) is 34.8 Å². The van der Waals surface area contributed by atoms with Crippen molar-refractivity contribution in [2.75, 3.05) is 26.4 Å². The second-order valence-corrected chi connectivity index (χ2v) is 11.6. The fraction of sp³-hybridized carbons (Fsp3) is 0.400. The van der Waals surface area contributed by atoms with Gasteiger partial charge in [-0.05, 0) is 30.7 Å². The Kier molecular flexibility index (Phi) is 11.3. The van der Waals surface area contributed by atoms with Crippen LogP contribution < -0.4 is 0 Å². The molecule has 0 aromatic heterocycles. The molecule has 2 atom stereocenters. The largest absolute Gasteiger partial charge is 0.391 e. The Labute approximate surface area is 216 Å². The lowest BCUT2D eigenvalue weighted by molar-refractivity contribution is -0.385. The molecule has 0 bridgehead atoms. The molecule has 0 spiro atoms. The van der Waals surface area contributed by atoms with Crippen LogP contribution in [-0.2, 0) is 32.8 Å². The highest BCUT2D eigenvalue weighted by Gasteiger charge is 2.25. The number of rotatable bonds is 6. The maximum absolute atomic E-state index is 11.8. The van der Waals surface area contributed by atoms with Crippen LogP contribution in [0.2, 0.25) is 0 Å². The van der Waals surface area contributed by atoms with Crippen LogP contribution in [-0.4, -0.2) is 70.4 Å². The fourth-order valence-electron chi connectivity index (χ4n) is 2.81. The van der Waals surface area contributed by atoms with E-state index in [1.807, 2.05) is 0 Å². The van der Waals surface area contributed by atoms with Gasteiger partial charge in [0, 0.05) is 54.6 Å². The highest BCUT2D eigenvalue weighted by Crippen LogP contribution is 2.21. The lowest BCUT2D eigenvalue weighted by atomic mass is 10.3. The lowest BCUT2D eigenvalue weighted by Crippen LogP contribution is -2.18. The number of hydrogen-bond donors (Lipinski definition) is 1. The first kappa shape index (κ1) is 30.5. The molecular weight excluding hydrogens is 560 g/mol. The van der Waals surface area contributed by atoms with E-state index in [2.05, 4.69) is 0 Å². The number of non-ortho nitro benzene ring substituents is 2. The Morgan fingerprint density at radius 3 is 1.59 bits per heavy atom. The molecule has 37 heavy (non-hydrogen) atoms. The topological polar surface area (TPSA) is 202 Å². The third kappa shape index (κ3) is 10.3. The summed E-state index contributed by atoms with van der Waals surface area (Å²) in [5.74, 6) is 0. The van der Waals surface area contributed by atoms with E-state index in [0.29, 0.717) is 19.6 Å². The molecular formula is C20H23ClN2O12S2. The van der Waals surface area contributed by atoms with Crippen molar-refractivity contribution in [1.82, 2.24) is 0 Å². The maximum atomic E-state index is 11.8. The Balaban J connectivity index is 0.000000220. The quantitative estimate of drug-likeness (QED) is 0.226. The predicted molar refractivity (Wildman–Crippen MR) is 128 cm³/mol. The van der Waals surface area contributed by atoms with Gasteiger partial charge in [0.2, 0.25) is 0 Å². The van der Waals surface area contributed by atoms with Crippen molar-refractivity contribution < 1.29 is 45.4 Å². The van der Waals surface area contributed by atoms with Gasteiger partial charge < -0.3 is 14.6 Å². The van der Waals surface area contributed by atoms with Gasteiger partial charge in [-0.2, -0.15) is 8.42 Å². The van der Waals surface area contributed by atoms with Crippen LogP contribution in [0.3, 0.4) is 0 Å². The van der Waals surface area contributed by atoms with Gasteiger partial charge in [0.25, 0.3) is 30.5 Å². The zero-order valence-electron chi connectivity index (χ0n) is 19.0. The van der Waals surface area contributed by atoms with Gasteiger partial charge >= 0.3 is 0 Å². The molecule has 14 nitrogen and oxygen atoms in total. The number of nitro benzene ring substituents is 2. The molecule has 2 saturated heterocycles. The summed E-state index contributed by atoms with van der Waals surface area (Å²) >= 11 is 0. The summed E-state index contributed by atoms with van der Waals surface area (Å²) in [6.07, 6.45) is 0.682. The van der Waals surface area contributed by atoms with E-state index in [1.165, 1.54) is 0 Å². The Morgan fingerprint density at radius 1 is 0.811 bits per heavy atom. The minimum Gasteiger partial charge on any atom is -0.391 e. The van der Waals surface area contributed by atoms with Crippen molar-refractivity contribution in [2.24, 2.45) is 0 Å². The van der Waals surface area contributed by atoms with Crippen LogP contribution >= 0.6 is 10.7 Å². The monoisotopic (exact) mass is 582 g/mol. The Bertz CT molecular complexity index is 1260. The third-order valence-electron chi connectivity index (χ3n) is 4.72. The van der Waals surface area contributed by atoms with E-state index >= 15 is 0 Å². The normalized spacial score (nSPS) is 19.2. The molecule has 4 rings (SSSR count). The number of nitrogens with zero attached hydrogens (tertiary/aromatic N) is 2. The molecule has 0 amide bonds. The Hall–Kier alpha value is -2.73. The predicted octanol–water partition coefficient (Wildman–Crippen LogP) is 2.38. The summed E-state index contributed by atoms with van der Waals surface area (Å²) in [4.78, 5) is 19.2. The van der Waals surface area contributed by atoms with Crippen molar-refractivity contribution >= 4 is 41.2 Å². The molecule has 2 aromatic rings. The molecule has 0 saturated carbocycles. The number of aliphatic hydroxyl groups is 1. The molecule has 0 aliphatic carbocycles. The van der Waals surface area contributed by atoms with Gasteiger partial charge in [-0.1, -0.05) is 0 Å². The van der Waals surface area contributed by atoms with Crippen molar-refractivity contribution in [1.29, 1.82) is 0 Å². The number of hydrogen-bond acceptors (Lipinski definition) is 12. The number of benzene rings is 2. The summed E-state index contributed by atoms with van der Waals surface area (Å²) < 4.78 is 59.8. The summed E-state index contributed by atoms with van der Waals surface area (Å²) in [6.45, 7) is 1.99. The lowest BCUT2D eigenvalue weighted by Gasteiger charge is -2.09. The summed E-state index contributed by atoms with van der Waals surface area (Å²) in [7, 11) is -2.69. The molecule has 2 fully saturated rings.